The molecule has 0 aromatic heterocycles. The van der Waals surface area contributed by atoms with Crippen LogP contribution in [-0.2, 0) is 14.3 Å². The van der Waals surface area contributed by atoms with Crippen LogP contribution in [0.15, 0.2) is 0 Å². The molecule has 1 aliphatic heterocycles. The molecule has 5 nitrogen and oxygen atoms in total. The SMILES string of the molecule is C#CCCC(=O)N1CCOCC1CC(=O)O. The minimum absolute atomic E-state index is 0.0816. The van der Waals surface area contributed by atoms with Gasteiger partial charge in [-0.15, -0.1) is 12.3 Å². The van der Waals surface area contributed by atoms with Crippen molar-refractivity contribution in [2.75, 3.05) is 19.8 Å². The van der Waals surface area contributed by atoms with Crippen LogP contribution in [0.25, 0.3) is 0 Å². The Morgan fingerprint density at radius 3 is 2.94 bits per heavy atom. The van der Waals surface area contributed by atoms with Crippen molar-refractivity contribution in [2.45, 2.75) is 25.3 Å². The van der Waals surface area contributed by atoms with E-state index >= 15 is 0 Å². The molecule has 0 aliphatic carbocycles. The van der Waals surface area contributed by atoms with E-state index in [0.29, 0.717) is 19.6 Å². The molecule has 1 rings (SSSR count). The minimum Gasteiger partial charge on any atom is -0.481 e. The van der Waals surface area contributed by atoms with Gasteiger partial charge in [-0.25, -0.2) is 0 Å². The number of hydrogen-bond acceptors (Lipinski definition) is 3. The lowest BCUT2D eigenvalue weighted by atomic mass is 10.1. The van der Waals surface area contributed by atoms with Crippen molar-refractivity contribution in [3.05, 3.63) is 0 Å². The van der Waals surface area contributed by atoms with Crippen molar-refractivity contribution in [1.29, 1.82) is 0 Å². The fourth-order valence-corrected chi connectivity index (χ4v) is 1.68. The van der Waals surface area contributed by atoms with Gasteiger partial charge in [0.1, 0.15) is 0 Å². The molecule has 88 valence electrons. The number of carboxylic acid groups (broad SMARTS) is 1. The molecule has 0 saturated carbocycles. The van der Waals surface area contributed by atoms with Crippen LogP contribution in [0.2, 0.25) is 0 Å². The Morgan fingerprint density at radius 2 is 2.31 bits per heavy atom. The second-order valence-electron chi connectivity index (χ2n) is 3.62. The molecule has 1 atom stereocenters. The predicted octanol–water partition coefficient (Wildman–Crippen LogP) is 0.102. The minimum atomic E-state index is -0.926. The number of carboxylic acids is 1. The number of aliphatic carboxylic acids is 1. The van der Waals surface area contributed by atoms with Gasteiger partial charge in [0.15, 0.2) is 0 Å². The summed E-state index contributed by atoms with van der Waals surface area (Å²) in [4.78, 5) is 23.9. The molecule has 1 N–H and O–H groups in total. The Bertz CT molecular complexity index is 308. The Hall–Kier alpha value is -1.54. The molecule has 1 heterocycles. The van der Waals surface area contributed by atoms with E-state index < -0.39 is 5.97 Å². The molecule has 1 amide bonds. The van der Waals surface area contributed by atoms with E-state index in [2.05, 4.69) is 5.92 Å². The maximum atomic E-state index is 11.7. The van der Waals surface area contributed by atoms with E-state index in [1.165, 1.54) is 0 Å². The van der Waals surface area contributed by atoms with E-state index in [1.54, 1.807) is 4.90 Å². The zero-order chi connectivity index (χ0) is 12.0. The van der Waals surface area contributed by atoms with Gasteiger partial charge in [0.05, 0.1) is 25.7 Å². The van der Waals surface area contributed by atoms with Crippen molar-refractivity contribution in [1.82, 2.24) is 4.90 Å². The Labute approximate surface area is 94.4 Å². The first-order valence-corrected chi connectivity index (χ1v) is 5.17. The zero-order valence-electron chi connectivity index (χ0n) is 9.02. The molecular weight excluding hydrogens is 210 g/mol. The van der Waals surface area contributed by atoms with Crippen LogP contribution in [0, 0.1) is 12.3 Å². The van der Waals surface area contributed by atoms with Crippen molar-refractivity contribution in [2.24, 2.45) is 0 Å². The number of ether oxygens (including phenoxy) is 1. The average Bonchev–Trinajstić information content (AvgIpc) is 2.26. The second-order valence-corrected chi connectivity index (χ2v) is 3.62. The number of terminal acetylenes is 1. The maximum Gasteiger partial charge on any atom is 0.305 e. The first-order valence-electron chi connectivity index (χ1n) is 5.17. The Kier molecular flexibility index (Phi) is 4.80. The summed E-state index contributed by atoms with van der Waals surface area (Å²) in [6.07, 6.45) is 5.66. The average molecular weight is 225 g/mol. The van der Waals surface area contributed by atoms with Crippen LogP contribution in [0.4, 0.5) is 0 Å². The number of nitrogens with zero attached hydrogens (tertiary/aromatic N) is 1. The van der Waals surface area contributed by atoms with Crippen LogP contribution in [0.3, 0.4) is 0 Å². The van der Waals surface area contributed by atoms with E-state index in [-0.39, 0.29) is 31.4 Å². The standard InChI is InChI=1S/C11H15NO4/c1-2-3-4-10(13)12-5-6-16-8-9(12)7-11(14)15/h1,9H,3-8H2,(H,14,15). The molecule has 0 radical (unpaired) electrons. The fraction of sp³-hybridized carbons (Fsp3) is 0.636. The molecule has 0 aromatic carbocycles. The van der Waals surface area contributed by atoms with Gasteiger partial charge >= 0.3 is 5.97 Å². The quantitative estimate of drug-likeness (QED) is 0.689. The van der Waals surface area contributed by atoms with Gasteiger partial charge in [0.2, 0.25) is 5.91 Å². The summed E-state index contributed by atoms with van der Waals surface area (Å²) in [5.41, 5.74) is 0. The molecule has 0 bridgehead atoms. The van der Waals surface area contributed by atoms with Crippen LogP contribution >= 0.6 is 0 Å². The molecule has 0 aromatic rings. The predicted molar refractivity (Wildman–Crippen MR) is 56.6 cm³/mol. The topological polar surface area (TPSA) is 66.8 Å². The Balaban J connectivity index is 2.55. The Morgan fingerprint density at radius 1 is 1.56 bits per heavy atom. The molecule has 1 fully saturated rings. The fourth-order valence-electron chi connectivity index (χ4n) is 1.68. The number of rotatable bonds is 4. The van der Waals surface area contributed by atoms with E-state index in [4.69, 9.17) is 16.3 Å². The van der Waals surface area contributed by atoms with Gasteiger partial charge in [-0.3, -0.25) is 9.59 Å². The van der Waals surface area contributed by atoms with Gasteiger partial charge in [0, 0.05) is 19.4 Å². The molecular formula is C11H15NO4. The van der Waals surface area contributed by atoms with E-state index in [1.807, 2.05) is 0 Å². The molecule has 0 spiro atoms. The molecule has 1 aliphatic rings. The highest BCUT2D eigenvalue weighted by atomic mass is 16.5. The monoisotopic (exact) mass is 225 g/mol. The van der Waals surface area contributed by atoms with Gasteiger partial charge < -0.3 is 14.7 Å². The van der Waals surface area contributed by atoms with Crippen molar-refractivity contribution >= 4 is 11.9 Å². The summed E-state index contributed by atoms with van der Waals surface area (Å²) < 4.78 is 5.17. The third-order valence-electron chi connectivity index (χ3n) is 2.44. The van der Waals surface area contributed by atoms with Crippen molar-refractivity contribution in [3.63, 3.8) is 0 Å². The third kappa shape index (κ3) is 3.55. The number of hydrogen-bond donors (Lipinski definition) is 1. The largest absolute Gasteiger partial charge is 0.481 e. The second kappa shape index (κ2) is 6.13. The molecule has 5 heteroatoms. The van der Waals surface area contributed by atoms with E-state index in [0.717, 1.165) is 0 Å². The molecule has 1 unspecified atom stereocenters. The highest BCUT2D eigenvalue weighted by Gasteiger charge is 2.28. The van der Waals surface area contributed by atoms with Gasteiger partial charge in [-0.1, -0.05) is 0 Å². The van der Waals surface area contributed by atoms with Gasteiger partial charge in [-0.05, 0) is 0 Å². The summed E-state index contributed by atoms with van der Waals surface area (Å²) in [7, 11) is 0. The van der Waals surface area contributed by atoms with Crippen LogP contribution in [0.1, 0.15) is 19.3 Å². The van der Waals surface area contributed by atoms with Crippen molar-refractivity contribution < 1.29 is 19.4 Å². The number of carbonyl (C=O) groups excluding carboxylic acids is 1. The lowest BCUT2D eigenvalue weighted by Crippen LogP contribution is -2.49. The van der Waals surface area contributed by atoms with E-state index in [9.17, 15) is 9.59 Å². The smallest absolute Gasteiger partial charge is 0.305 e. The highest BCUT2D eigenvalue weighted by molar-refractivity contribution is 5.78. The van der Waals surface area contributed by atoms with Gasteiger partial charge in [0.25, 0.3) is 0 Å². The number of amides is 1. The van der Waals surface area contributed by atoms with Crippen LogP contribution in [-0.4, -0.2) is 47.7 Å². The summed E-state index contributed by atoms with van der Waals surface area (Å²) >= 11 is 0. The van der Waals surface area contributed by atoms with Crippen LogP contribution < -0.4 is 0 Å². The first kappa shape index (κ1) is 12.5. The normalized spacial score (nSPS) is 20.2. The van der Waals surface area contributed by atoms with Crippen molar-refractivity contribution in [3.8, 4) is 12.3 Å². The third-order valence-corrected chi connectivity index (χ3v) is 2.44. The summed E-state index contributed by atoms with van der Waals surface area (Å²) in [6, 6.07) is -0.364. The lowest BCUT2D eigenvalue weighted by Gasteiger charge is -2.34. The molecule has 1 saturated heterocycles. The summed E-state index contributed by atoms with van der Waals surface area (Å²) in [5, 5.41) is 8.72. The van der Waals surface area contributed by atoms with Crippen LogP contribution in [0.5, 0.6) is 0 Å². The maximum absolute atomic E-state index is 11.7. The number of morpholine rings is 1. The summed E-state index contributed by atoms with van der Waals surface area (Å²) in [5.74, 6) is 1.38. The molecule has 16 heavy (non-hydrogen) atoms. The van der Waals surface area contributed by atoms with Gasteiger partial charge in [-0.2, -0.15) is 0 Å². The lowest BCUT2D eigenvalue weighted by molar-refractivity contribution is -0.146. The zero-order valence-corrected chi connectivity index (χ0v) is 9.02. The first-order chi connectivity index (χ1) is 7.65. The highest BCUT2D eigenvalue weighted by Crippen LogP contribution is 2.12. The number of carbonyl (C=O) groups is 2. The summed E-state index contributed by atoms with van der Waals surface area (Å²) in [6.45, 7) is 1.19.